The number of ketones is 1. The van der Waals surface area contributed by atoms with E-state index in [0.29, 0.717) is 12.3 Å². The number of thiazole rings is 1. The van der Waals surface area contributed by atoms with Crippen LogP contribution in [0.15, 0.2) is 22.6 Å². The van der Waals surface area contributed by atoms with Crippen LogP contribution in [0.2, 0.25) is 18.1 Å². The summed E-state index contributed by atoms with van der Waals surface area (Å²) >= 11 is 1.69. The summed E-state index contributed by atoms with van der Waals surface area (Å²) in [6, 6.07) is 0. The van der Waals surface area contributed by atoms with E-state index in [-0.39, 0.29) is 41.2 Å². The van der Waals surface area contributed by atoms with Crippen molar-refractivity contribution in [2.75, 3.05) is 7.11 Å². The van der Waals surface area contributed by atoms with Crippen molar-refractivity contribution < 1.29 is 18.8 Å². The minimum Gasteiger partial charge on any atom is -0.469 e. The number of allylic oxidation sites excluding steroid dienone is 3. The van der Waals surface area contributed by atoms with Gasteiger partial charge < -0.3 is 9.16 Å². The number of Topliss-reactive ketones (excluding diaryl/α,β-unsaturated/α-hetero) is 1. The highest BCUT2D eigenvalue weighted by Crippen LogP contribution is 2.41. The van der Waals surface area contributed by atoms with Gasteiger partial charge in [-0.25, -0.2) is 4.98 Å². The number of aryl methyl sites for hydroxylation is 1. The summed E-state index contributed by atoms with van der Waals surface area (Å²) in [4.78, 5) is 30.2. The van der Waals surface area contributed by atoms with Crippen molar-refractivity contribution in [1.29, 1.82) is 0 Å². The van der Waals surface area contributed by atoms with E-state index < -0.39 is 13.7 Å². The predicted molar refractivity (Wildman–Crippen MR) is 182 cm³/mol. The molecule has 0 fully saturated rings. The van der Waals surface area contributed by atoms with E-state index in [9.17, 15) is 9.59 Å². The third kappa shape index (κ3) is 12.2. The first-order chi connectivity index (χ1) is 19.2. The molecule has 0 aliphatic rings. The number of aromatic nitrogens is 1. The van der Waals surface area contributed by atoms with Crippen LogP contribution in [0.4, 0.5) is 0 Å². The Morgan fingerprint density at radius 1 is 1.07 bits per heavy atom. The van der Waals surface area contributed by atoms with Crippen molar-refractivity contribution in [3.63, 3.8) is 0 Å². The fraction of sp³-hybridized carbons (Fsp3) is 0.743. The Morgan fingerprint density at radius 2 is 1.69 bits per heavy atom. The second-order valence-electron chi connectivity index (χ2n) is 14.7. The maximum absolute atomic E-state index is 13.8. The molecule has 0 unspecified atom stereocenters. The maximum atomic E-state index is 13.8. The summed E-state index contributed by atoms with van der Waals surface area (Å²) < 4.78 is 11.8. The Hall–Kier alpha value is -1.57. The molecule has 0 spiro atoms. The van der Waals surface area contributed by atoms with E-state index >= 15 is 0 Å². The Balaban J connectivity index is 2.92. The van der Waals surface area contributed by atoms with Crippen LogP contribution < -0.4 is 0 Å². The van der Waals surface area contributed by atoms with Gasteiger partial charge in [0.1, 0.15) is 5.78 Å². The van der Waals surface area contributed by atoms with Crippen molar-refractivity contribution >= 4 is 37.5 Å². The van der Waals surface area contributed by atoms with Crippen LogP contribution in [-0.4, -0.2) is 38.3 Å². The molecule has 4 atom stereocenters. The van der Waals surface area contributed by atoms with Gasteiger partial charge in [-0.2, -0.15) is 0 Å². The highest BCUT2D eigenvalue weighted by molar-refractivity contribution is 7.09. The lowest BCUT2D eigenvalue weighted by atomic mass is 9.74. The molecule has 0 radical (unpaired) electrons. The topological polar surface area (TPSA) is 65.5 Å². The zero-order valence-electron chi connectivity index (χ0n) is 29.3. The molecule has 1 aromatic heterocycles. The fourth-order valence-corrected chi connectivity index (χ4v) is 7.03. The Labute approximate surface area is 263 Å². The minimum absolute atomic E-state index is 0.0506. The fourth-order valence-electron chi connectivity index (χ4n) is 4.99. The molecule has 5 nitrogen and oxygen atoms in total. The van der Waals surface area contributed by atoms with Gasteiger partial charge in [-0.1, -0.05) is 72.6 Å². The van der Waals surface area contributed by atoms with Crippen LogP contribution >= 0.6 is 11.3 Å². The van der Waals surface area contributed by atoms with E-state index in [1.165, 1.54) is 18.3 Å². The molecule has 0 aromatic carbocycles. The second kappa shape index (κ2) is 16.5. The lowest BCUT2D eigenvalue weighted by molar-refractivity contribution is -0.142. The number of hydrogen-bond acceptors (Lipinski definition) is 6. The molecule has 0 aliphatic heterocycles. The van der Waals surface area contributed by atoms with Crippen LogP contribution in [0, 0.1) is 30.1 Å². The van der Waals surface area contributed by atoms with E-state index in [1.54, 1.807) is 11.3 Å². The summed E-state index contributed by atoms with van der Waals surface area (Å²) in [6.07, 6.45) is 9.30. The first-order valence-corrected chi connectivity index (χ1v) is 19.6. The number of carbonyl (C=O) groups excluding carboxylic acids is 2. The summed E-state index contributed by atoms with van der Waals surface area (Å²) in [5.74, 6) is 0.355. The van der Waals surface area contributed by atoms with Gasteiger partial charge in [0.05, 0.1) is 23.9 Å². The molecule has 0 bridgehead atoms. The van der Waals surface area contributed by atoms with Crippen LogP contribution in [0.5, 0.6) is 0 Å². The van der Waals surface area contributed by atoms with Crippen molar-refractivity contribution in [2.45, 2.75) is 139 Å². The third-order valence-corrected chi connectivity index (χ3v) is 14.7. The number of esters is 1. The van der Waals surface area contributed by atoms with Gasteiger partial charge in [-0.3, -0.25) is 9.59 Å². The Morgan fingerprint density at radius 3 is 2.21 bits per heavy atom. The van der Waals surface area contributed by atoms with E-state index in [2.05, 4.69) is 84.1 Å². The predicted octanol–water partition coefficient (Wildman–Crippen LogP) is 10.2. The van der Waals surface area contributed by atoms with Crippen molar-refractivity contribution in [2.24, 2.45) is 23.2 Å². The number of hydrogen-bond donors (Lipinski definition) is 0. The molecular weight excluding hydrogens is 559 g/mol. The lowest BCUT2D eigenvalue weighted by Gasteiger charge is -2.43. The molecular formula is C35H61NO4SSi. The number of nitrogens with zero attached hydrogens (tertiary/aromatic N) is 1. The van der Waals surface area contributed by atoms with E-state index in [4.69, 9.17) is 9.16 Å². The van der Waals surface area contributed by atoms with E-state index in [0.717, 1.165) is 36.4 Å². The quantitative estimate of drug-likeness (QED) is 0.0986. The van der Waals surface area contributed by atoms with Crippen LogP contribution in [0.25, 0.3) is 6.08 Å². The zero-order chi connectivity index (χ0) is 32.5. The molecule has 0 saturated carbocycles. The molecule has 240 valence electrons. The molecule has 0 amide bonds. The van der Waals surface area contributed by atoms with Gasteiger partial charge in [0.2, 0.25) is 0 Å². The average molecular weight is 620 g/mol. The minimum atomic E-state index is -2.11. The zero-order valence-corrected chi connectivity index (χ0v) is 31.1. The highest BCUT2D eigenvalue weighted by atomic mass is 32.1. The molecule has 42 heavy (non-hydrogen) atoms. The van der Waals surface area contributed by atoms with Crippen molar-refractivity contribution in [1.82, 2.24) is 4.98 Å². The van der Waals surface area contributed by atoms with Gasteiger partial charge in [0, 0.05) is 23.1 Å². The van der Waals surface area contributed by atoms with Crippen LogP contribution in [0.1, 0.15) is 118 Å². The third-order valence-electron chi connectivity index (χ3n) is 9.39. The molecule has 1 heterocycles. The molecule has 0 N–H and O–H groups in total. The summed E-state index contributed by atoms with van der Waals surface area (Å²) in [7, 11) is -0.718. The average Bonchev–Trinajstić information content (AvgIpc) is 3.31. The molecule has 0 saturated heterocycles. The summed E-state index contributed by atoms with van der Waals surface area (Å²) in [5.41, 5.74) is 3.21. The Bertz CT molecular complexity index is 1080. The first-order valence-electron chi connectivity index (χ1n) is 15.8. The SMILES string of the molecule is COC(=O)CCC(C)(C)C(=O)[C@H](C)[C@@H](O[Si](C)(C)C(C)(C)C)[C@@H](C)CCC/C(C)=C\C[C@H](C)/C(C)=C/c1csc(C)n1. The van der Waals surface area contributed by atoms with Gasteiger partial charge in [0.15, 0.2) is 8.32 Å². The van der Waals surface area contributed by atoms with Crippen LogP contribution in [0.3, 0.4) is 0 Å². The number of ether oxygens (including phenoxy) is 1. The molecule has 7 heteroatoms. The van der Waals surface area contributed by atoms with Gasteiger partial charge in [-0.05, 0) is 88.9 Å². The molecule has 0 aliphatic carbocycles. The van der Waals surface area contributed by atoms with E-state index in [1.807, 2.05) is 27.7 Å². The number of methoxy groups -OCH3 is 1. The Kier molecular flexibility index (Phi) is 15.1. The smallest absolute Gasteiger partial charge is 0.305 e. The van der Waals surface area contributed by atoms with Crippen molar-refractivity contribution in [3.8, 4) is 0 Å². The largest absolute Gasteiger partial charge is 0.469 e. The van der Waals surface area contributed by atoms with Gasteiger partial charge >= 0.3 is 5.97 Å². The second-order valence-corrected chi connectivity index (χ2v) is 20.5. The lowest BCUT2D eigenvalue weighted by Crippen LogP contribution is -2.50. The monoisotopic (exact) mass is 619 g/mol. The highest BCUT2D eigenvalue weighted by Gasteiger charge is 2.44. The molecule has 1 aromatic rings. The summed E-state index contributed by atoms with van der Waals surface area (Å²) in [6.45, 7) is 28.2. The van der Waals surface area contributed by atoms with Gasteiger partial charge in [-0.15, -0.1) is 11.3 Å². The molecule has 1 rings (SSSR count). The number of rotatable bonds is 17. The van der Waals surface area contributed by atoms with Gasteiger partial charge in [0.25, 0.3) is 0 Å². The first kappa shape index (κ1) is 38.5. The van der Waals surface area contributed by atoms with Crippen LogP contribution in [-0.2, 0) is 18.8 Å². The summed E-state index contributed by atoms with van der Waals surface area (Å²) in [5, 5.41) is 3.27. The number of carbonyl (C=O) groups is 2. The normalized spacial score (nSPS) is 16.6. The van der Waals surface area contributed by atoms with Crippen molar-refractivity contribution in [3.05, 3.63) is 33.3 Å². The maximum Gasteiger partial charge on any atom is 0.305 e. The standard InChI is InChI=1S/C35H61NO4SSi/c1-24(18-19-25(2)27(4)22-30-23-41-29(6)36-30)16-15-17-26(3)32(40-42(13,14)34(7,8)9)28(5)33(38)35(10,11)21-20-31(37)39-12/h18,22-23,25-26,28,32H,15-17,19-21H2,1-14H3/b24-18-,27-22+/t25-,26-,28+,32-/m0/s1.